The average molecular weight is 375 g/mol. The van der Waals surface area contributed by atoms with Crippen molar-refractivity contribution in [2.75, 3.05) is 5.32 Å². The summed E-state index contributed by atoms with van der Waals surface area (Å²) >= 11 is 11.5. The second-order valence-corrected chi connectivity index (χ2v) is 6.52. The molecule has 0 atom stereocenters. The van der Waals surface area contributed by atoms with E-state index in [0.717, 1.165) is 27.5 Å². The van der Waals surface area contributed by atoms with Crippen LogP contribution < -0.4 is 10.6 Å². The first-order valence-corrected chi connectivity index (χ1v) is 8.59. The van der Waals surface area contributed by atoms with Crippen LogP contribution in [0.25, 0.3) is 0 Å². The van der Waals surface area contributed by atoms with Crippen molar-refractivity contribution in [3.8, 4) is 0 Å². The third kappa shape index (κ3) is 4.37. The van der Waals surface area contributed by atoms with E-state index < -0.39 is 0 Å². The van der Waals surface area contributed by atoms with Crippen molar-refractivity contribution in [3.63, 3.8) is 0 Å². The normalized spacial score (nSPS) is 10.7. The second kappa shape index (κ2) is 7.67. The van der Waals surface area contributed by atoms with Gasteiger partial charge in [-0.3, -0.25) is 9.36 Å². The molecule has 0 saturated carbocycles. The van der Waals surface area contributed by atoms with Gasteiger partial charge in [0.2, 0.25) is 0 Å². The van der Waals surface area contributed by atoms with Gasteiger partial charge in [-0.25, -0.2) is 0 Å². The molecule has 0 aliphatic rings. The fraction of sp³-hybridized carbons (Fsp3) is 0.235. The first-order valence-electron chi connectivity index (χ1n) is 7.81. The lowest BCUT2D eigenvalue weighted by molar-refractivity contribution is 0.687. The van der Waals surface area contributed by atoms with Crippen LogP contribution in [0.15, 0.2) is 42.9 Å². The summed E-state index contributed by atoms with van der Waals surface area (Å²) in [6.07, 6.45) is 5.47. The zero-order valence-electron chi connectivity index (χ0n) is 14.0. The Balaban J connectivity index is 1.55. The summed E-state index contributed by atoms with van der Waals surface area (Å²) in [5, 5.41) is 16.1. The zero-order chi connectivity index (χ0) is 17.8. The van der Waals surface area contributed by atoms with Crippen LogP contribution in [0.3, 0.4) is 0 Å². The number of hydrogen-bond acceptors (Lipinski definition) is 3. The highest BCUT2D eigenvalue weighted by Crippen LogP contribution is 2.16. The molecule has 0 aliphatic carbocycles. The van der Waals surface area contributed by atoms with Crippen molar-refractivity contribution >= 4 is 34.6 Å². The first-order chi connectivity index (χ1) is 12.0. The van der Waals surface area contributed by atoms with Gasteiger partial charge >= 0.3 is 0 Å². The van der Waals surface area contributed by atoms with Crippen LogP contribution in [0, 0.1) is 6.92 Å². The van der Waals surface area contributed by atoms with Crippen LogP contribution in [-0.2, 0) is 20.1 Å². The summed E-state index contributed by atoms with van der Waals surface area (Å²) < 4.78 is 3.66. The van der Waals surface area contributed by atoms with E-state index in [1.807, 2.05) is 60.0 Å². The average Bonchev–Trinajstić information content (AvgIpc) is 3.15. The van der Waals surface area contributed by atoms with Crippen LogP contribution in [0.2, 0.25) is 5.02 Å². The van der Waals surface area contributed by atoms with Gasteiger partial charge in [0.05, 0.1) is 24.6 Å². The number of nitrogens with zero attached hydrogens (tertiary/aromatic N) is 4. The molecule has 0 radical (unpaired) electrons. The molecule has 0 spiro atoms. The van der Waals surface area contributed by atoms with Gasteiger partial charge in [-0.05, 0) is 30.8 Å². The van der Waals surface area contributed by atoms with Gasteiger partial charge < -0.3 is 10.6 Å². The van der Waals surface area contributed by atoms with Crippen molar-refractivity contribution in [1.82, 2.24) is 24.9 Å². The number of thiocarbonyl (C=S) groups is 1. The summed E-state index contributed by atoms with van der Waals surface area (Å²) in [6.45, 7) is 3.26. The predicted octanol–water partition coefficient (Wildman–Crippen LogP) is 3.11. The topological polar surface area (TPSA) is 59.7 Å². The number of halogens is 1. The molecule has 6 nitrogen and oxygen atoms in total. The van der Waals surface area contributed by atoms with Gasteiger partial charge in [0.15, 0.2) is 5.11 Å². The van der Waals surface area contributed by atoms with Gasteiger partial charge in [-0.1, -0.05) is 29.8 Å². The molecule has 2 heterocycles. The molecule has 1 aromatic carbocycles. The van der Waals surface area contributed by atoms with Crippen LogP contribution >= 0.6 is 23.8 Å². The molecule has 2 aromatic heterocycles. The van der Waals surface area contributed by atoms with E-state index in [1.54, 1.807) is 6.20 Å². The molecule has 25 heavy (non-hydrogen) atoms. The van der Waals surface area contributed by atoms with E-state index >= 15 is 0 Å². The van der Waals surface area contributed by atoms with Crippen molar-refractivity contribution in [3.05, 3.63) is 64.7 Å². The molecule has 130 valence electrons. The molecular weight excluding hydrogens is 356 g/mol. The minimum absolute atomic E-state index is 0.542. The quantitative estimate of drug-likeness (QED) is 0.672. The van der Waals surface area contributed by atoms with E-state index in [1.165, 1.54) is 0 Å². The lowest BCUT2D eigenvalue weighted by atomic mass is 10.2. The zero-order valence-corrected chi connectivity index (χ0v) is 15.6. The smallest absolute Gasteiger partial charge is 0.171 e. The van der Waals surface area contributed by atoms with Crippen molar-refractivity contribution in [2.45, 2.75) is 20.0 Å². The Morgan fingerprint density at radius 1 is 1.20 bits per heavy atom. The Morgan fingerprint density at radius 2 is 2.00 bits per heavy atom. The minimum Gasteiger partial charge on any atom is -0.358 e. The van der Waals surface area contributed by atoms with Gasteiger partial charge in [0.1, 0.15) is 0 Å². The molecule has 0 fully saturated rings. The molecule has 3 aromatic rings. The van der Waals surface area contributed by atoms with Gasteiger partial charge in [-0.2, -0.15) is 10.2 Å². The van der Waals surface area contributed by atoms with Crippen LogP contribution in [-0.4, -0.2) is 24.7 Å². The van der Waals surface area contributed by atoms with Crippen molar-refractivity contribution in [1.29, 1.82) is 0 Å². The number of nitrogens with one attached hydrogen (secondary N) is 2. The molecular formula is C17H19ClN6S. The Bertz CT molecular complexity index is 885. The highest BCUT2D eigenvalue weighted by molar-refractivity contribution is 7.80. The standard InChI is InChI=1S/C17H19ClN6S/c1-12-14(8-20-23(12)2)7-19-17(25)22-15-9-21-24(11-15)10-13-5-3-4-6-16(13)18/h3-6,8-9,11H,7,10H2,1-2H3,(H2,19,22,25). The lowest BCUT2D eigenvalue weighted by Crippen LogP contribution is -2.27. The van der Waals surface area contributed by atoms with E-state index in [4.69, 9.17) is 23.8 Å². The Hall–Kier alpha value is -2.38. The molecule has 8 heteroatoms. The van der Waals surface area contributed by atoms with Crippen molar-refractivity contribution < 1.29 is 0 Å². The number of hydrogen-bond donors (Lipinski definition) is 2. The lowest BCUT2D eigenvalue weighted by Gasteiger charge is -2.08. The van der Waals surface area contributed by atoms with E-state index in [2.05, 4.69) is 20.8 Å². The monoisotopic (exact) mass is 374 g/mol. The number of anilines is 1. The fourth-order valence-electron chi connectivity index (χ4n) is 2.38. The first kappa shape index (κ1) is 17.4. The fourth-order valence-corrected chi connectivity index (χ4v) is 2.77. The largest absolute Gasteiger partial charge is 0.358 e. The number of benzene rings is 1. The number of aromatic nitrogens is 4. The van der Waals surface area contributed by atoms with Crippen LogP contribution in [0.5, 0.6) is 0 Å². The molecule has 2 N–H and O–H groups in total. The molecule has 3 rings (SSSR count). The highest BCUT2D eigenvalue weighted by Gasteiger charge is 2.06. The van der Waals surface area contributed by atoms with Gasteiger partial charge in [0, 0.05) is 36.1 Å². The summed E-state index contributed by atoms with van der Waals surface area (Å²) in [6, 6.07) is 7.73. The maximum atomic E-state index is 6.18. The predicted molar refractivity (Wildman–Crippen MR) is 104 cm³/mol. The SMILES string of the molecule is Cc1c(CNC(=S)Nc2cnn(Cc3ccccc3Cl)c2)cnn1C. The second-order valence-electron chi connectivity index (χ2n) is 5.70. The molecule has 0 unspecified atom stereocenters. The maximum absolute atomic E-state index is 6.18. The highest BCUT2D eigenvalue weighted by atomic mass is 35.5. The van der Waals surface area contributed by atoms with E-state index in [0.29, 0.717) is 18.2 Å². The van der Waals surface area contributed by atoms with Crippen molar-refractivity contribution in [2.24, 2.45) is 7.05 Å². The number of aryl methyl sites for hydroxylation is 1. The molecule has 0 saturated heterocycles. The molecule has 0 bridgehead atoms. The third-order valence-electron chi connectivity index (χ3n) is 3.96. The Kier molecular flexibility index (Phi) is 5.35. The minimum atomic E-state index is 0.542. The summed E-state index contributed by atoms with van der Waals surface area (Å²) in [4.78, 5) is 0. The van der Waals surface area contributed by atoms with Crippen LogP contribution in [0.4, 0.5) is 5.69 Å². The number of rotatable bonds is 5. The summed E-state index contributed by atoms with van der Waals surface area (Å²) in [5.41, 5.74) is 4.07. The summed E-state index contributed by atoms with van der Waals surface area (Å²) in [5.74, 6) is 0. The summed E-state index contributed by atoms with van der Waals surface area (Å²) in [7, 11) is 1.92. The molecule has 0 aliphatic heterocycles. The Labute approximate surface area is 156 Å². The van der Waals surface area contributed by atoms with Gasteiger partial charge in [0.25, 0.3) is 0 Å². The third-order valence-corrected chi connectivity index (χ3v) is 4.57. The maximum Gasteiger partial charge on any atom is 0.171 e. The van der Waals surface area contributed by atoms with E-state index in [9.17, 15) is 0 Å². The Morgan fingerprint density at radius 3 is 2.72 bits per heavy atom. The van der Waals surface area contributed by atoms with Gasteiger partial charge in [-0.15, -0.1) is 0 Å². The van der Waals surface area contributed by atoms with Crippen LogP contribution in [0.1, 0.15) is 16.8 Å². The molecule has 0 amide bonds. The van der Waals surface area contributed by atoms with E-state index in [-0.39, 0.29) is 0 Å².